The van der Waals surface area contributed by atoms with Gasteiger partial charge in [0.05, 0.1) is 16.9 Å². The maximum atomic E-state index is 12.8. The molecule has 100 valence electrons. The zero-order chi connectivity index (χ0) is 14.0. The first-order valence-corrected chi connectivity index (χ1v) is 6.47. The van der Waals surface area contributed by atoms with Gasteiger partial charge in [0, 0.05) is 12.2 Å². The van der Waals surface area contributed by atoms with Crippen LogP contribution in [0.5, 0.6) is 0 Å². The molecule has 1 atom stereocenters. The molecule has 0 bridgehead atoms. The van der Waals surface area contributed by atoms with Crippen LogP contribution in [0.3, 0.4) is 0 Å². The highest BCUT2D eigenvalue weighted by Crippen LogP contribution is 2.29. The van der Waals surface area contributed by atoms with E-state index < -0.39 is 28.9 Å². The Bertz CT molecular complexity index is 531. The minimum absolute atomic E-state index is 0.0614. The summed E-state index contributed by atoms with van der Waals surface area (Å²) in [6, 6.07) is 4.96. The minimum Gasteiger partial charge on any atom is -0.549 e. The molecule has 1 aromatic rings. The van der Waals surface area contributed by atoms with Crippen molar-refractivity contribution in [3.63, 3.8) is 0 Å². The van der Waals surface area contributed by atoms with Crippen LogP contribution in [0.2, 0.25) is 0 Å². The van der Waals surface area contributed by atoms with Crippen molar-refractivity contribution in [3.8, 4) is 0 Å². The Morgan fingerprint density at radius 3 is 2.58 bits per heavy atom. The largest absolute Gasteiger partial charge is 0.549 e. The fourth-order valence-corrected chi connectivity index (χ4v) is 2.61. The van der Waals surface area contributed by atoms with E-state index in [0.717, 1.165) is 28.8 Å². The number of amides is 2. The summed E-state index contributed by atoms with van der Waals surface area (Å²) in [5.41, 5.74) is 0.285. The quantitative estimate of drug-likeness (QED) is 0.723. The van der Waals surface area contributed by atoms with Crippen LogP contribution in [-0.2, 0) is 14.4 Å². The Labute approximate surface area is 112 Å². The molecule has 7 heteroatoms. The molecule has 0 saturated carbocycles. The number of imide groups is 1. The number of aliphatic carboxylic acids is 1. The van der Waals surface area contributed by atoms with Crippen LogP contribution in [0.4, 0.5) is 10.1 Å². The summed E-state index contributed by atoms with van der Waals surface area (Å²) < 4.78 is 12.8. The van der Waals surface area contributed by atoms with Crippen LogP contribution in [0.1, 0.15) is 6.42 Å². The van der Waals surface area contributed by atoms with Crippen molar-refractivity contribution in [2.45, 2.75) is 11.7 Å². The number of carbonyl (C=O) groups excluding carboxylic acids is 3. The number of anilines is 1. The van der Waals surface area contributed by atoms with Gasteiger partial charge in [0.15, 0.2) is 0 Å². The van der Waals surface area contributed by atoms with Gasteiger partial charge in [-0.25, -0.2) is 9.29 Å². The SMILES string of the molecule is O=C([O-])CS[C@H]1CC(=O)N(c2ccc(F)cc2)C1=O. The molecule has 0 radical (unpaired) electrons. The average molecular weight is 282 g/mol. The fourth-order valence-electron chi connectivity index (χ4n) is 1.76. The molecule has 0 aromatic heterocycles. The standard InChI is InChI=1S/C12H10FNO4S/c13-7-1-3-8(4-2-7)14-10(15)5-9(12(14)18)19-6-11(16)17/h1-4,9H,5-6H2,(H,16,17)/p-1/t9-/m0/s1. The average Bonchev–Trinajstić information content (AvgIpc) is 2.63. The van der Waals surface area contributed by atoms with Gasteiger partial charge < -0.3 is 9.90 Å². The maximum Gasteiger partial charge on any atom is 0.247 e. The highest BCUT2D eigenvalue weighted by atomic mass is 32.2. The van der Waals surface area contributed by atoms with Crippen molar-refractivity contribution >= 4 is 35.2 Å². The first-order chi connectivity index (χ1) is 8.99. The predicted molar refractivity (Wildman–Crippen MR) is 64.8 cm³/mol. The molecule has 0 spiro atoms. The molecular formula is C12H9FNO4S-. The molecule has 0 aliphatic carbocycles. The van der Waals surface area contributed by atoms with Gasteiger partial charge in [-0.1, -0.05) is 0 Å². The lowest BCUT2D eigenvalue weighted by molar-refractivity contribution is -0.301. The van der Waals surface area contributed by atoms with E-state index in [4.69, 9.17) is 0 Å². The monoisotopic (exact) mass is 282 g/mol. The Morgan fingerprint density at radius 2 is 2.00 bits per heavy atom. The molecule has 0 unspecified atom stereocenters. The lowest BCUT2D eigenvalue weighted by Crippen LogP contribution is -2.32. The van der Waals surface area contributed by atoms with Gasteiger partial charge in [0.2, 0.25) is 11.8 Å². The third kappa shape index (κ3) is 2.93. The number of halogens is 1. The normalized spacial score (nSPS) is 19.0. The Hall–Kier alpha value is -1.89. The van der Waals surface area contributed by atoms with Gasteiger partial charge in [-0.3, -0.25) is 9.59 Å². The van der Waals surface area contributed by atoms with E-state index in [9.17, 15) is 23.9 Å². The van der Waals surface area contributed by atoms with Crippen molar-refractivity contribution in [1.82, 2.24) is 0 Å². The van der Waals surface area contributed by atoms with Gasteiger partial charge >= 0.3 is 0 Å². The molecule has 19 heavy (non-hydrogen) atoms. The second-order valence-electron chi connectivity index (χ2n) is 3.92. The minimum atomic E-state index is -1.29. The molecule has 1 heterocycles. The summed E-state index contributed by atoms with van der Waals surface area (Å²) in [7, 11) is 0. The van der Waals surface area contributed by atoms with Crippen LogP contribution in [-0.4, -0.2) is 28.8 Å². The van der Waals surface area contributed by atoms with E-state index in [0.29, 0.717) is 0 Å². The van der Waals surface area contributed by atoms with Crippen LogP contribution in [0.15, 0.2) is 24.3 Å². The number of hydrogen-bond donors (Lipinski definition) is 0. The maximum absolute atomic E-state index is 12.8. The zero-order valence-electron chi connectivity index (χ0n) is 9.67. The van der Waals surface area contributed by atoms with Gasteiger partial charge in [0.1, 0.15) is 5.82 Å². The number of hydrogen-bond acceptors (Lipinski definition) is 5. The Morgan fingerprint density at radius 1 is 1.37 bits per heavy atom. The van der Waals surface area contributed by atoms with E-state index in [1.165, 1.54) is 12.1 Å². The number of carboxylic acid groups (broad SMARTS) is 1. The molecule has 0 N–H and O–H groups in total. The highest BCUT2D eigenvalue weighted by Gasteiger charge is 2.39. The number of nitrogens with zero attached hydrogens (tertiary/aromatic N) is 1. The third-order valence-corrected chi connectivity index (χ3v) is 3.77. The molecule has 1 aromatic carbocycles. The van der Waals surface area contributed by atoms with Gasteiger partial charge in [-0.15, -0.1) is 11.8 Å². The molecule has 1 fully saturated rings. The van der Waals surface area contributed by atoms with E-state index in [1.807, 2.05) is 0 Å². The number of carboxylic acids is 1. The molecular weight excluding hydrogens is 273 g/mol. The van der Waals surface area contributed by atoms with Gasteiger partial charge in [-0.05, 0) is 24.3 Å². The summed E-state index contributed by atoms with van der Waals surface area (Å²) in [6.45, 7) is 0. The molecule has 1 aliphatic rings. The predicted octanol–water partition coefficient (Wildman–Crippen LogP) is -0.0593. The molecule has 5 nitrogen and oxygen atoms in total. The highest BCUT2D eigenvalue weighted by molar-refractivity contribution is 8.01. The lowest BCUT2D eigenvalue weighted by Gasteiger charge is -2.14. The van der Waals surface area contributed by atoms with Crippen molar-refractivity contribution in [1.29, 1.82) is 0 Å². The van der Waals surface area contributed by atoms with Gasteiger partial charge in [0.25, 0.3) is 0 Å². The van der Waals surface area contributed by atoms with Crippen LogP contribution >= 0.6 is 11.8 Å². The lowest BCUT2D eigenvalue weighted by atomic mass is 10.3. The fraction of sp³-hybridized carbons (Fsp3) is 0.250. The summed E-state index contributed by atoms with van der Waals surface area (Å²) in [5, 5.41) is 9.62. The first kappa shape index (κ1) is 13.5. The second kappa shape index (κ2) is 5.40. The summed E-state index contributed by atoms with van der Waals surface area (Å²) in [6.07, 6.45) is -0.0614. The Kier molecular flexibility index (Phi) is 3.84. The van der Waals surface area contributed by atoms with E-state index >= 15 is 0 Å². The van der Waals surface area contributed by atoms with E-state index in [1.54, 1.807) is 0 Å². The number of carbonyl (C=O) groups is 3. The molecule has 2 amide bonds. The summed E-state index contributed by atoms with van der Waals surface area (Å²) in [4.78, 5) is 35.1. The smallest absolute Gasteiger partial charge is 0.247 e. The topological polar surface area (TPSA) is 77.5 Å². The summed E-state index contributed by atoms with van der Waals surface area (Å²) in [5.74, 6) is -3.01. The summed E-state index contributed by atoms with van der Waals surface area (Å²) >= 11 is 0.857. The molecule has 1 aliphatic heterocycles. The zero-order valence-corrected chi connectivity index (χ0v) is 10.5. The molecule has 1 saturated heterocycles. The van der Waals surface area contributed by atoms with Crippen LogP contribution in [0, 0.1) is 5.82 Å². The van der Waals surface area contributed by atoms with Crippen LogP contribution < -0.4 is 10.0 Å². The Balaban J connectivity index is 2.14. The van der Waals surface area contributed by atoms with E-state index in [2.05, 4.69) is 0 Å². The third-order valence-electron chi connectivity index (χ3n) is 2.59. The molecule has 2 rings (SSSR count). The van der Waals surface area contributed by atoms with Crippen molar-refractivity contribution in [2.75, 3.05) is 10.7 Å². The van der Waals surface area contributed by atoms with Crippen LogP contribution in [0.25, 0.3) is 0 Å². The number of thioether (sulfide) groups is 1. The first-order valence-electron chi connectivity index (χ1n) is 5.43. The van der Waals surface area contributed by atoms with Crippen molar-refractivity contribution in [2.24, 2.45) is 0 Å². The second-order valence-corrected chi connectivity index (χ2v) is 5.11. The number of benzene rings is 1. The van der Waals surface area contributed by atoms with Crippen molar-refractivity contribution in [3.05, 3.63) is 30.1 Å². The van der Waals surface area contributed by atoms with E-state index in [-0.39, 0.29) is 17.9 Å². The van der Waals surface area contributed by atoms with Crippen molar-refractivity contribution < 1.29 is 23.9 Å². The van der Waals surface area contributed by atoms with Gasteiger partial charge in [-0.2, -0.15) is 0 Å². The number of rotatable bonds is 4.